The second kappa shape index (κ2) is 10.2. The molecule has 130 valence electrons. The number of aliphatic carboxylic acids is 2. The van der Waals surface area contributed by atoms with E-state index in [-0.39, 0.29) is 6.42 Å². The number of hydrogen-bond acceptors (Lipinski definition) is 4. The summed E-state index contributed by atoms with van der Waals surface area (Å²) in [6, 6.07) is 0. The maximum absolute atomic E-state index is 11.2. The fourth-order valence-electron chi connectivity index (χ4n) is 2.21. The number of unbranched alkanes of at least 4 members (excludes halogenated alkanes) is 1. The van der Waals surface area contributed by atoms with E-state index in [2.05, 4.69) is 12.5 Å². The van der Waals surface area contributed by atoms with Gasteiger partial charge < -0.3 is 20.0 Å². The second-order valence-corrected chi connectivity index (χ2v) is 6.78. The van der Waals surface area contributed by atoms with Crippen LogP contribution in [0.4, 0.5) is 0 Å². The van der Waals surface area contributed by atoms with Gasteiger partial charge in [0.2, 0.25) is 0 Å². The number of carbonyl (C=O) groups is 2. The normalized spacial score (nSPS) is 14.0. The van der Waals surface area contributed by atoms with E-state index < -0.39 is 31.1 Å². The van der Waals surface area contributed by atoms with Crippen molar-refractivity contribution in [2.24, 2.45) is 5.92 Å². The van der Waals surface area contributed by atoms with E-state index in [9.17, 15) is 14.2 Å². The third-order valence-corrected chi connectivity index (χ3v) is 4.56. The minimum Gasteiger partial charge on any atom is -0.481 e. The molecule has 4 N–H and O–H groups in total. The van der Waals surface area contributed by atoms with Crippen LogP contribution in [0.5, 0.6) is 0 Å². The van der Waals surface area contributed by atoms with Crippen molar-refractivity contribution >= 4 is 19.5 Å². The molecule has 0 rings (SSSR count). The van der Waals surface area contributed by atoms with Gasteiger partial charge in [-0.3, -0.25) is 19.1 Å². The lowest BCUT2D eigenvalue weighted by atomic mass is 9.98. The lowest BCUT2D eigenvalue weighted by Gasteiger charge is -2.22. The van der Waals surface area contributed by atoms with Crippen LogP contribution in [-0.2, 0) is 14.2 Å². The largest absolute Gasteiger partial charge is 0.481 e. The van der Waals surface area contributed by atoms with Crippen LogP contribution in [-0.4, -0.2) is 62.1 Å². The topological polar surface area (TPSA) is 135 Å². The number of rotatable bonds is 12. The summed E-state index contributed by atoms with van der Waals surface area (Å²) in [5, 5.41) is 18.0. The molecule has 2 unspecified atom stereocenters. The van der Waals surface area contributed by atoms with Gasteiger partial charge in [0.25, 0.3) is 0 Å². The molecular formula is C14H22NO7P. The molecule has 0 aliphatic heterocycles. The van der Waals surface area contributed by atoms with Gasteiger partial charge in [-0.15, -0.1) is 13.0 Å². The Labute approximate surface area is 135 Å². The SMILES string of the molecule is C#CCN(CC=C)CCCCC(C(=O)O)C(C(=O)O)P(=O)(O)O. The van der Waals surface area contributed by atoms with E-state index in [4.69, 9.17) is 26.4 Å². The summed E-state index contributed by atoms with van der Waals surface area (Å²) in [6.45, 7) is 5.10. The average molecular weight is 347 g/mol. The highest BCUT2D eigenvalue weighted by molar-refractivity contribution is 7.53. The molecule has 9 heteroatoms. The van der Waals surface area contributed by atoms with Crippen LogP contribution in [0.15, 0.2) is 12.7 Å². The molecule has 0 aromatic heterocycles. The van der Waals surface area contributed by atoms with Gasteiger partial charge in [-0.05, 0) is 19.4 Å². The van der Waals surface area contributed by atoms with Gasteiger partial charge in [0.15, 0.2) is 5.66 Å². The van der Waals surface area contributed by atoms with Gasteiger partial charge in [0, 0.05) is 6.54 Å². The van der Waals surface area contributed by atoms with Crippen LogP contribution in [0.1, 0.15) is 19.3 Å². The van der Waals surface area contributed by atoms with Gasteiger partial charge in [0.05, 0.1) is 12.5 Å². The number of nitrogens with zero attached hydrogens (tertiary/aromatic N) is 1. The number of carboxylic acids is 2. The molecule has 0 heterocycles. The van der Waals surface area contributed by atoms with Crippen molar-refractivity contribution in [2.45, 2.75) is 24.9 Å². The lowest BCUT2D eigenvalue weighted by molar-refractivity contribution is -0.148. The van der Waals surface area contributed by atoms with E-state index in [1.165, 1.54) is 0 Å². The second-order valence-electron chi connectivity index (χ2n) is 5.04. The molecule has 0 fully saturated rings. The van der Waals surface area contributed by atoms with E-state index in [1.54, 1.807) is 6.08 Å². The first-order chi connectivity index (χ1) is 10.6. The van der Waals surface area contributed by atoms with Gasteiger partial charge in [0.1, 0.15) is 0 Å². The zero-order valence-electron chi connectivity index (χ0n) is 12.7. The van der Waals surface area contributed by atoms with Crippen molar-refractivity contribution in [1.82, 2.24) is 4.90 Å². The molecule has 0 bridgehead atoms. The summed E-state index contributed by atoms with van der Waals surface area (Å²) in [6.07, 6.45) is 7.57. The van der Waals surface area contributed by atoms with Crippen LogP contribution >= 0.6 is 7.60 Å². The highest BCUT2D eigenvalue weighted by atomic mass is 31.2. The molecule has 0 saturated heterocycles. The summed E-state index contributed by atoms with van der Waals surface area (Å²) in [5.41, 5.74) is -2.24. The van der Waals surface area contributed by atoms with Gasteiger partial charge in [-0.1, -0.05) is 18.4 Å². The monoisotopic (exact) mass is 347 g/mol. The molecule has 0 aromatic carbocycles. The van der Waals surface area contributed by atoms with Gasteiger partial charge in [-0.25, -0.2) is 0 Å². The highest BCUT2D eigenvalue weighted by Gasteiger charge is 2.45. The molecule has 0 aromatic rings. The van der Waals surface area contributed by atoms with Crippen molar-refractivity contribution in [3.8, 4) is 12.3 Å². The van der Waals surface area contributed by atoms with Crippen molar-refractivity contribution in [2.75, 3.05) is 19.6 Å². The Morgan fingerprint density at radius 3 is 2.26 bits per heavy atom. The molecule has 0 saturated carbocycles. The lowest BCUT2D eigenvalue weighted by Crippen LogP contribution is -2.35. The third-order valence-electron chi connectivity index (χ3n) is 3.26. The van der Waals surface area contributed by atoms with E-state index in [1.807, 2.05) is 4.90 Å². The van der Waals surface area contributed by atoms with Crippen LogP contribution in [0.3, 0.4) is 0 Å². The summed E-state index contributed by atoms with van der Waals surface area (Å²) >= 11 is 0. The first-order valence-electron chi connectivity index (χ1n) is 6.92. The minimum absolute atomic E-state index is 0.143. The predicted molar refractivity (Wildman–Crippen MR) is 83.9 cm³/mol. The van der Waals surface area contributed by atoms with Crippen LogP contribution in [0, 0.1) is 18.3 Å². The molecule has 0 amide bonds. The molecular weight excluding hydrogens is 325 g/mol. The summed E-state index contributed by atoms with van der Waals surface area (Å²) in [5.74, 6) is -2.52. The van der Waals surface area contributed by atoms with Crippen molar-refractivity contribution < 1.29 is 34.2 Å². The average Bonchev–Trinajstić information content (AvgIpc) is 2.40. The van der Waals surface area contributed by atoms with Crippen LogP contribution < -0.4 is 0 Å². The molecule has 0 radical (unpaired) electrons. The maximum Gasteiger partial charge on any atom is 0.340 e. The Kier molecular flexibility index (Phi) is 9.46. The summed E-state index contributed by atoms with van der Waals surface area (Å²) in [4.78, 5) is 42.2. The quantitative estimate of drug-likeness (QED) is 0.174. The molecule has 2 atom stereocenters. The van der Waals surface area contributed by atoms with E-state index in [0.717, 1.165) is 0 Å². The maximum atomic E-state index is 11.2. The first kappa shape index (κ1) is 21.4. The summed E-state index contributed by atoms with van der Waals surface area (Å²) < 4.78 is 11.2. The minimum atomic E-state index is -5.06. The van der Waals surface area contributed by atoms with E-state index in [0.29, 0.717) is 32.5 Å². The Hall–Kier alpha value is -1.65. The first-order valence-corrected chi connectivity index (χ1v) is 8.60. The zero-order chi connectivity index (χ0) is 18.0. The van der Waals surface area contributed by atoms with Crippen molar-refractivity contribution in [1.29, 1.82) is 0 Å². The molecule has 0 aliphatic carbocycles. The Balaban J connectivity index is 4.70. The zero-order valence-corrected chi connectivity index (χ0v) is 13.6. The fraction of sp³-hybridized carbons (Fsp3) is 0.571. The van der Waals surface area contributed by atoms with Gasteiger partial charge in [-0.2, -0.15) is 0 Å². The number of carboxylic acid groups (broad SMARTS) is 2. The Bertz CT molecular complexity index is 508. The third kappa shape index (κ3) is 7.95. The molecule has 0 aliphatic rings. The molecule has 23 heavy (non-hydrogen) atoms. The fourth-order valence-corrected chi connectivity index (χ4v) is 3.25. The highest BCUT2D eigenvalue weighted by Crippen LogP contribution is 2.46. The molecule has 0 spiro atoms. The smallest absolute Gasteiger partial charge is 0.340 e. The number of hydrogen-bond donors (Lipinski definition) is 4. The Morgan fingerprint density at radius 1 is 1.26 bits per heavy atom. The van der Waals surface area contributed by atoms with Crippen LogP contribution in [0.25, 0.3) is 0 Å². The summed E-state index contributed by atoms with van der Waals surface area (Å²) in [7, 11) is -5.06. The standard InChI is InChI=1S/C14H22NO7P/c1-3-8-15(9-4-2)10-6-5-7-11(13(16)17)12(14(18)19)23(20,21)22/h1,4,11-12H,2,5-10H2,(H,16,17)(H,18,19)(H2,20,21,22). The van der Waals surface area contributed by atoms with Crippen LogP contribution in [0.2, 0.25) is 0 Å². The van der Waals surface area contributed by atoms with Crippen molar-refractivity contribution in [3.63, 3.8) is 0 Å². The Morgan fingerprint density at radius 2 is 1.87 bits per heavy atom. The van der Waals surface area contributed by atoms with Gasteiger partial charge >= 0.3 is 19.5 Å². The number of terminal acetylenes is 1. The molecule has 8 nitrogen and oxygen atoms in total. The van der Waals surface area contributed by atoms with E-state index >= 15 is 0 Å². The predicted octanol–water partition coefficient (Wildman–Crippen LogP) is 0.610. The van der Waals surface area contributed by atoms with Crippen molar-refractivity contribution in [3.05, 3.63) is 12.7 Å².